The molecule has 0 saturated heterocycles. The van der Waals surface area contributed by atoms with E-state index in [1.807, 2.05) is 6.92 Å². The number of aryl methyl sites for hydroxylation is 1. The van der Waals surface area contributed by atoms with Gasteiger partial charge in [-0.15, -0.1) is 0 Å². The third-order valence-electron chi connectivity index (χ3n) is 3.33. The Morgan fingerprint density at radius 3 is 2.88 bits per heavy atom. The van der Waals surface area contributed by atoms with Crippen LogP contribution in [0, 0.1) is 12.8 Å². The molecule has 0 spiro atoms. The van der Waals surface area contributed by atoms with Gasteiger partial charge in [-0.25, -0.2) is 9.78 Å². The first-order valence-electron chi connectivity index (χ1n) is 6.11. The summed E-state index contributed by atoms with van der Waals surface area (Å²) in [7, 11) is 0. The van der Waals surface area contributed by atoms with Crippen LogP contribution < -0.4 is 5.32 Å². The molecule has 1 aliphatic carbocycles. The van der Waals surface area contributed by atoms with Crippen molar-refractivity contribution < 1.29 is 9.90 Å². The second-order valence-electron chi connectivity index (χ2n) is 4.67. The van der Waals surface area contributed by atoms with Crippen molar-refractivity contribution in [2.24, 2.45) is 5.92 Å². The van der Waals surface area contributed by atoms with Gasteiger partial charge < -0.3 is 10.4 Å². The van der Waals surface area contributed by atoms with Crippen molar-refractivity contribution in [3.8, 4) is 0 Å². The SMILES string of the molecule is Cc1ccc(C(=O)O)c(NCCC2CCC2)n1. The van der Waals surface area contributed by atoms with Gasteiger partial charge >= 0.3 is 5.97 Å². The van der Waals surface area contributed by atoms with Gasteiger partial charge in [0.15, 0.2) is 0 Å². The lowest BCUT2D eigenvalue weighted by Crippen LogP contribution is -2.17. The number of carboxylic acids is 1. The molecule has 0 aromatic carbocycles. The number of aromatic carboxylic acids is 1. The Labute approximate surface area is 101 Å². The van der Waals surface area contributed by atoms with E-state index in [4.69, 9.17) is 5.11 Å². The molecule has 1 heterocycles. The fourth-order valence-electron chi connectivity index (χ4n) is 2.04. The molecule has 17 heavy (non-hydrogen) atoms. The molecule has 4 heteroatoms. The molecule has 1 aliphatic rings. The molecule has 0 aliphatic heterocycles. The highest BCUT2D eigenvalue weighted by atomic mass is 16.4. The number of aromatic nitrogens is 1. The zero-order chi connectivity index (χ0) is 12.3. The summed E-state index contributed by atoms with van der Waals surface area (Å²) in [6.45, 7) is 2.67. The van der Waals surface area contributed by atoms with E-state index in [-0.39, 0.29) is 5.56 Å². The fourth-order valence-corrected chi connectivity index (χ4v) is 2.04. The Morgan fingerprint density at radius 1 is 1.53 bits per heavy atom. The van der Waals surface area contributed by atoms with E-state index in [1.165, 1.54) is 19.3 Å². The number of nitrogens with zero attached hydrogens (tertiary/aromatic N) is 1. The second kappa shape index (κ2) is 5.17. The molecule has 1 aromatic heterocycles. The number of hydrogen-bond acceptors (Lipinski definition) is 3. The molecule has 1 saturated carbocycles. The van der Waals surface area contributed by atoms with E-state index in [1.54, 1.807) is 12.1 Å². The molecule has 0 unspecified atom stereocenters. The third kappa shape index (κ3) is 2.96. The molecule has 0 radical (unpaired) electrons. The number of hydrogen-bond donors (Lipinski definition) is 2. The van der Waals surface area contributed by atoms with E-state index in [0.717, 1.165) is 24.6 Å². The molecular weight excluding hydrogens is 216 g/mol. The van der Waals surface area contributed by atoms with Crippen molar-refractivity contribution in [1.82, 2.24) is 4.98 Å². The molecule has 92 valence electrons. The molecule has 0 amide bonds. The largest absolute Gasteiger partial charge is 0.478 e. The predicted octanol–water partition coefficient (Wildman–Crippen LogP) is 2.69. The van der Waals surface area contributed by atoms with E-state index in [2.05, 4.69) is 10.3 Å². The minimum absolute atomic E-state index is 0.254. The molecule has 4 nitrogen and oxygen atoms in total. The van der Waals surface area contributed by atoms with Gasteiger partial charge in [-0.05, 0) is 31.4 Å². The lowest BCUT2D eigenvalue weighted by Gasteiger charge is -2.25. The molecule has 0 bridgehead atoms. The Balaban J connectivity index is 1.97. The molecular formula is C13H18N2O2. The Kier molecular flexibility index (Phi) is 3.61. The first kappa shape index (κ1) is 11.9. The lowest BCUT2D eigenvalue weighted by atomic mass is 9.83. The van der Waals surface area contributed by atoms with Crippen molar-refractivity contribution in [2.45, 2.75) is 32.6 Å². The molecule has 2 rings (SSSR count). The summed E-state index contributed by atoms with van der Waals surface area (Å²) in [6, 6.07) is 3.33. The smallest absolute Gasteiger partial charge is 0.339 e. The van der Waals surface area contributed by atoms with Gasteiger partial charge in [-0.3, -0.25) is 0 Å². The Bertz CT molecular complexity index is 414. The van der Waals surface area contributed by atoms with Gasteiger partial charge in [0.25, 0.3) is 0 Å². The summed E-state index contributed by atoms with van der Waals surface area (Å²) in [4.78, 5) is 15.3. The van der Waals surface area contributed by atoms with E-state index >= 15 is 0 Å². The average molecular weight is 234 g/mol. The highest BCUT2D eigenvalue weighted by Gasteiger charge is 2.17. The summed E-state index contributed by atoms with van der Waals surface area (Å²) < 4.78 is 0. The van der Waals surface area contributed by atoms with Crippen molar-refractivity contribution in [3.05, 3.63) is 23.4 Å². The number of anilines is 1. The van der Waals surface area contributed by atoms with Crippen molar-refractivity contribution in [2.75, 3.05) is 11.9 Å². The van der Waals surface area contributed by atoms with Gasteiger partial charge in [-0.2, -0.15) is 0 Å². The fraction of sp³-hybridized carbons (Fsp3) is 0.538. The lowest BCUT2D eigenvalue weighted by molar-refractivity contribution is 0.0697. The van der Waals surface area contributed by atoms with Gasteiger partial charge in [-0.1, -0.05) is 19.3 Å². The van der Waals surface area contributed by atoms with Gasteiger partial charge in [0.05, 0.1) is 0 Å². The monoisotopic (exact) mass is 234 g/mol. The van der Waals surface area contributed by atoms with Crippen LogP contribution in [0.2, 0.25) is 0 Å². The van der Waals surface area contributed by atoms with Crippen LogP contribution in [-0.2, 0) is 0 Å². The topological polar surface area (TPSA) is 62.2 Å². The molecule has 2 N–H and O–H groups in total. The normalized spacial score (nSPS) is 15.4. The number of carboxylic acid groups (broad SMARTS) is 1. The third-order valence-corrected chi connectivity index (χ3v) is 3.33. The maximum absolute atomic E-state index is 11.0. The number of rotatable bonds is 5. The summed E-state index contributed by atoms with van der Waals surface area (Å²) >= 11 is 0. The zero-order valence-electron chi connectivity index (χ0n) is 10.1. The van der Waals surface area contributed by atoms with E-state index in [9.17, 15) is 4.79 Å². The van der Waals surface area contributed by atoms with Gasteiger partial charge in [0.1, 0.15) is 11.4 Å². The van der Waals surface area contributed by atoms with Crippen LogP contribution in [0.4, 0.5) is 5.82 Å². The van der Waals surface area contributed by atoms with Crippen molar-refractivity contribution in [1.29, 1.82) is 0 Å². The predicted molar refractivity (Wildman–Crippen MR) is 66.4 cm³/mol. The highest BCUT2D eigenvalue weighted by Crippen LogP contribution is 2.29. The summed E-state index contributed by atoms with van der Waals surface area (Å²) in [5.74, 6) is 0.390. The summed E-state index contributed by atoms with van der Waals surface area (Å²) in [5, 5.41) is 12.2. The van der Waals surface area contributed by atoms with Gasteiger partial charge in [0, 0.05) is 12.2 Å². The minimum atomic E-state index is -0.927. The Hall–Kier alpha value is -1.58. The molecule has 1 fully saturated rings. The summed E-state index contributed by atoms with van der Waals surface area (Å²) in [6.07, 6.45) is 5.08. The van der Waals surface area contributed by atoms with Crippen LogP contribution in [-0.4, -0.2) is 22.6 Å². The standard InChI is InChI=1S/C13H18N2O2/c1-9-5-6-11(13(16)17)12(15-9)14-8-7-10-3-2-4-10/h5-6,10H,2-4,7-8H2,1H3,(H,14,15)(H,16,17). The van der Waals surface area contributed by atoms with Crippen LogP contribution >= 0.6 is 0 Å². The van der Waals surface area contributed by atoms with Crippen LogP contribution in [0.15, 0.2) is 12.1 Å². The summed E-state index contributed by atoms with van der Waals surface area (Å²) in [5.41, 5.74) is 1.09. The van der Waals surface area contributed by atoms with Crippen LogP contribution in [0.3, 0.4) is 0 Å². The van der Waals surface area contributed by atoms with E-state index in [0.29, 0.717) is 5.82 Å². The quantitative estimate of drug-likeness (QED) is 0.822. The zero-order valence-corrected chi connectivity index (χ0v) is 10.1. The van der Waals surface area contributed by atoms with E-state index < -0.39 is 5.97 Å². The van der Waals surface area contributed by atoms with Gasteiger partial charge in [0.2, 0.25) is 0 Å². The first-order valence-corrected chi connectivity index (χ1v) is 6.11. The number of carbonyl (C=O) groups is 1. The van der Waals surface area contributed by atoms with Crippen molar-refractivity contribution in [3.63, 3.8) is 0 Å². The van der Waals surface area contributed by atoms with Crippen LogP contribution in [0.25, 0.3) is 0 Å². The van der Waals surface area contributed by atoms with Crippen LogP contribution in [0.5, 0.6) is 0 Å². The molecule has 0 atom stereocenters. The average Bonchev–Trinajstić information content (AvgIpc) is 2.21. The first-order chi connectivity index (χ1) is 8.16. The minimum Gasteiger partial charge on any atom is -0.478 e. The number of pyridine rings is 1. The second-order valence-corrected chi connectivity index (χ2v) is 4.67. The van der Waals surface area contributed by atoms with Crippen molar-refractivity contribution >= 4 is 11.8 Å². The maximum atomic E-state index is 11.0. The highest BCUT2D eigenvalue weighted by molar-refractivity contribution is 5.93. The number of nitrogens with one attached hydrogen (secondary N) is 1. The Morgan fingerprint density at radius 2 is 2.29 bits per heavy atom. The van der Waals surface area contributed by atoms with Crippen LogP contribution in [0.1, 0.15) is 41.7 Å². The maximum Gasteiger partial charge on any atom is 0.339 e. The molecule has 1 aromatic rings.